The van der Waals surface area contributed by atoms with E-state index < -0.39 is 0 Å². The van der Waals surface area contributed by atoms with Gasteiger partial charge in [-0.25, -0.2) is 4.98 Å². The van der Waals surface area contributed by atoms with Gasteiger partial charge in [0.1, 0.15) is 11.3 Å². The summed E-state index contributed by atoms with van der Waals surface area (Å²) in [6.45, 7) is 8.34. The zero-order chi connectivity index (χ0) is 19.0. The topological polar surface area (TPSA) is 42.0 Å². The minimum Gasteiger partial charge on any atom is -0.283 e. The van der Waals surface area contributed by atoms with E-state index in [0.29, 0.717) is 0 Å². The molecular formula is C23H22N4. The van der Waals surface area contributed by atoms with Crippen molar-refractivity contribution in [2.75, 3.05) is 0 Å². The van der Waals surface area contributed by atoms with Crippen LogP contribution in [-0.4, -0.2) is 9.38 Å². The Morgan fingerprint density at radius 3 is 2.37 bits per heavy atom. The molecule has 0 atom stereocenters. The Morgan fingerprint density at radius 2 is 1.59 bits per heavy atom. The van der Waals surface area contributed by atoms with Crippen molar-refractivity contribution in [2.45, 2.75) is 27.7 Å². The second kappa shape index (κ2) is 6.80. The summed E-state index contributed by atoms with van der Waals surface area (Å²) in [5, 5.41) is 9.12. The minimum absolute atomic E-state index is 0.747. The summed E-state index contributed by atoms with van der Waals surface area (Å²) < 4.78 is 2.00. The molecule has 134 valence electrons. The summed E-state index contributed by atoms with van der Waals surface area (Å²) in [5.74, 6) is 0.747. The third-order valence-corrected chi connectivity index (χ3v) is 4.90. The third-order valence-electron chi connectivity index (χ3n) is 4.90. The Bertz CT molecular complexity index is 1170. The number of imidazole rings is 1. The lowest BCUT2D eigenvalue weighted by Crippen LogP contribution is -1.85. The second-order valence-corrected chi connectivity index (χ2v) is 7.00. The van der Waals surface area contributed by atoms with Crippen molar-refractivity contribution in [3.63, 3.8) is 0 Å². The van der Waals surface area contributed by atoms with Crippen LogP contribution in [-0.2, 0) is 0 Å². The van der Waals surface area contributed by atoms with Crippen LogP contribution in [0, 0.1) is 27.7 Å². The van der Waals surface area contributed by atoms with Crippen molar-refractivity contribution in [3.05, 3.63) is 83.0 Å². The first-order valence-electron chi connectivity index (χ1n) is 9.06. The fourth-order valence-corrected chi connectivity index (χ4v) is 3.09. The minimum atomic E-state index is 0.747. The first-order chi connectivity index (χ1) is 13.0. The van der Waals surface area contributed by atoms with Crippen LogP contribution in [0.1, 0.15) is 22.3 Å². The lowest BCUT2D eigenvalue weighted by molar-refractivity contribution is 1.10. The van der Waals surface area contributed by atoms with E-state index in [1.54, 1.807) is 0 Å². The number of aryl methyl sites for hydroxylation is 4. The standard InChI is InChI=1S/C23H22N4/c1-15-11-12-27-21(13-15)24-22(19-10-9-16(2)18(4)14-19)23(27)26-25-20-8-6-5-7-17(20)3/h5-14H,1-4H3. The summed E-state index contributed by atoms with van der Waals surface area (Å²) in [6.07, 6.45) is 2.01. The second-order valence-electron chi connectivity index (χ2n) is 7.00. The Labute approximate surface area is 159 Å². The molecule has 0 radical (unpaired) electrons. The molecule has 0 fully saturated rings. The van der Waals surface area contributed by atoms with Crippen molar-refractivity contribution in [2.24, 2.45) is 10.2 Å². The highest BCUT2D eigenvalue weighted by atomic mass is 15.2. The summed E-state index contributed by atoms with van der Waals surface area (Å²) >= 11 is 0. The molecule has 2 heterocycles. The zero-order valence-electron chi connectivity index (χ0n) is 16.1. The van der Waals surface area contributed by atoms with Crippen LogP contribution in [0.2, 0.25) is 0 Å². The predicted octanol–water partition coefficient (Wildman–Crippen LogP) is 6.65. The molecule has 0 N–H and O–H groups in total. The number of rotatable bonds is 3. The first kappa shape index (κ1) is 17.2. The first-order valence-corrected chi connectivity index (χ1v) is 9.06. The Morgan fingerprint density at radius 1 is 0.778 bits per heavy atom. The summed E-state index contributed by atoms with van der Waals surface area (Å²) in [5.41, 5.74) is 8.41. The Balaban J connectivity index is 1.91. The van der Waals surface area contributed by atoms with Gasteiger partial charge in [-0.1, -0.05) is 30.3 Å². The predicted molar refractivity (Wildman–Crippen MR) is 110 cm³/mol. The van der Waals surface area contributed by atoms with E-state index in [1.807, 2.05) is 41.8 Å². The van der Waals surface area contributed by atoms with Crippen LogP contribution in [0.5, 0.6) is 0 Å². The van der Waals surface area contributed by atoms with Gasteiger partial charge in [-0.05, 0) is 74.2 Å². The van der Waals surface area contributed by atoms with Crippen molar-refractivity contribution < 1.29 is 0 Å². The van der Waals surface area contributed by atoms with Gasteiger partial charge < -0.3 is 0 Å². The van der Waals surface area contributed by atoms with Gasteiger partial charge in [-0.2, -0.15) is 0 Å². The highest BCUT2D eigenvalue weighted by Gasteiger charge is 2.15. The van der Waals surface area contributed by atoms with Crippen LogP contribution in [0.3, 0.4) is 0 Å². The third kappa shape index (κ3) is 3.26. The highest BCUT2D eigenvalue weighted by Crippen LogP contribution is 2.33. The molecule has 0 aliphatic rings. The van der Waals surface area contributed by atoms with Gasteiger partial charge in [0.15, 0.2) is 5.82 Å². The van der Waals surface area contributed by atoms with Crippen LogP contribution in [0.25, 0.3) is 16.9 Å². The molecule has 4 heteroatoms. The van der Waals surface area contributed by atoms with E-state index in [2.05, 4.69) is 61.3 Å². The van der Waals surface area contributed by atoms with E-state index in [0.717, 1.165) is 34.0 Å². The molecule has 0 aliphatic carbocycles. The lowest BCUT2D eigenvalue weighted by Gasteiger charge is -2.04. The van der Waals surface area contributed by atoms with Crippen molar-refractivity contribution in [1.29, 1.82) is 0 Å². The molecule has 0 aliphatic heterocycles. The highest BCUT2D eigenvalue weighted by molar-refractivity contribution is 5.75. The molecule has 0 amide bonds. The Hall–Kier alpha value is -3.27. The molecule has 0 bridgehead atoms. The molecule has 0 unspecified atom stereocenters. The van der Waals surface area contributed by atoms with Crippen LogP contribution in [0.15, 0.2) is 71.0 Å². The van der Waals surface area contributed by atoms with Gasteiger partial charge in [-0.15, -0.1) is 10.2 Å². The molecule has 4 aromatic rings. The zero-order valence-corrected chi connectivity index (χ0v) is 16.1. The molecule has 2 aromatic heterocycles. The van der Waals surface area contributed by atoms with Gasteiger partial charge in [0.2, 0.25) is 0 Å². The van der Waals surface area contributed by atoms with Gasteiger partial charge >= 0.3 is 0 Å². The van der Waals surface area contributed by atoms with Gasteiger partial charge in [0.25, 0.3) is 0 Å². The van der Waals surface area contributed by atoms with E-state index >= 15 is 0 Å². The van der Waals surface area contributed by atoms with Crippen LogP contribution in [0.4, 0.5) is 11.5 Å². The average Bonchev–Trinajstić information content (AvgIpc) is 3.01. The van der Waals surface area contributed by atoms with Crippen molar-refractivity contribution >= 4 is 17.2 Å². The SMILES string of the molecule is Cc1ccn2c(N=Nc3ccccc3C)c(-c3ccc(C)c(C)c3)nc2c1. The van der Waals surface area contributed by atoms with Crippen LogP contribution >= 0.6 is 0 Å². The lowest BCUT2D eigenvalue weighted by atomic mass is 10.0. The fraction of sp³-hybridized carbons (Fsp3) is 0.174. The number of fused-ring (bicyclic) bond motifs is 1. The number of nitrogens with zero attached hydrogens (tertiary/aromatic N) is 4. The fourth-order valence-electron chi connectivity index (χ4n) is 3.09. The molecule has 27 heavy (non-hydrogen) atoms. The number of pyridine rings is 1. The quantitative estimate of drug-likeness (QED) is 0.380. The van der Waals surface area contributed by atoms with Gasteiger partial charge in [0.05, 0.1) is 5.69 Å². The number of hydrogen-bond acceptors (Lipinski definition) is 3. The van der Waals surface area contributed by atoms with Crippen LogP contribution < -0.4 is 0 Å². The summed E-state index contributed by atoms with van der Waals surface area (Å²) in [7, 11) is 0. The number of azo groups is 1. The summed E-state index contributed by atoms with van der Waals surface area (Å²) in [6, 6.07) is 18.5. The maximum absolute atomic E-state index is 4.86. The van der Waals surface area contributed by atoms with E-state index in [9.17, 15) is 0 Å². The van der Waals surface area contributed by atoms with E-state index in [4.69, 9.17) is 4.98 Å². The van der Waals surface area contributed by atoms with E-state index in [1.165, 1.54) is 16.7 Å². The maximum atomic E-state index is 4.86. The largest absolute Gasteiger partial charge is 0.283 e. The molecule has 2 aromatic carbocycles. The van der Waals surface area contributed by atoms with Gasteiger partial charge in [0, 0.05) is 11.8 Å². The molecule has 0 saturated heterocycles. The molecular weight excluding hydrogens is 332 g/mol. The molecule has 0 saturated carbocycles. The molecule has 4 rings (SSSR count). The van der Waals surface area contributed by atoms with Crippen molar-refractivity contribution in [3.8, 4) is 11.3 Å². The number of aromatic nitrogens is 2. The van der Waals surface area contributed by atoms with Gasteiger partial charge in [-0.3, -0.25) is 4.40 Å². The smallest absolute Gasteiger partial charge is 0.187 e. The number of benzene rings is 2. The Kier molecular flexibility index (Phi) is 4.32. The monoisotopic (exact) mass is 354 g/mol. The molecule has 0 spiro atoms. The van der Waals surface area contributed by atoms with E-state index in [-0.39, 0.29) is 0 Å². The normalized spacial score (nSPS) is 11.6. The summed E-state index contributed by atoms with van der Waals surface area (Å²) in [4.78, 5) is 4.86. The number of hydrogen-bond donors (Lipinski definition) is 0. The maximum Gasteiger partial charge on any atom is 0.187 e. The van der Waals surface area contributed by atoms with Crippen molar-refractivity contribution in [1.82, 2.24) is 9.38 Å². The molecule has 4 nitrogen and oxygen atoms in total. The average molecular weight is 354 g/mol.